The zero-order valence-electron chi connectivity index (χ0n) is 17.7. The van der Waals surface area contributed by atoms with Gasteiger partial charge in [0.25, 0.3) is 0 Å². The van der Waals surface area contributed by atoms with Gasteiger partial charge in [-0.2, -0.15) is 13.2 Å². The highest BCUT2D eigenvalue weighted by Gasteiger charge is 2.40. The number of morpholine rings is 1. The van der Waals surface area contributed by atoms with Crippen molar-refractivity contribution in [2.45, 2.75) is 57.3 Å². The molecular weight excluding hydrogens is 405 g/mol. The number of likely N-dealkylation sites (tertiary alicyclic amines) is 1. The van der Waals surface area contributed by atoms with Crippen molar-refractivity contribution in [2.75, 3.05) is 46.5 Å². The van der Waals surface area contributed by atoms with Crippen LogP contribution in [0.25, 0.3) is 0 Å². The van der Waals surface area contributed by atoms with Crippen LogP contribution in [-0.4, -0.2) is 91.6 Å². The van der Waals surface area contributed by atoms with Crippen molar-refractivity contribution in [3.63, 3.8) is 0 Å². The Morgan fingerprint density at radius 2 is 1.77 bits per heavy atom. The van der Waals surface area contributed by atoms with E-state index in [1.54, 1.807) is 7.11 Å². The van der Waals surface area contributed by atoms with Crippen LogP contribution in [0.2, 0.25) is 0 Å². The summed E-state index contributed by atoms with van der Waals surface area (Å²) in [5.41, 5.74) is 0. The Morgan fingerprint density at radius 1 is 1.13 bits per heavy atom. The quantitative estimate of drug-likeness (QED) is 0.726. The minimum absolute atomic E-state index is 0.264. The Labute approximate surface area is 175 Å². The number of rotatable bonds is 4. The first kappa shape index (κ1) is 24.9. The minimum Gasteiger partial charge on any atom is -0.475 e. The maximum atomic E-state index is 12.9. The van der Waals surface area contributed by atoms with Crippen LogP contribution in [0, 0.1) is 11.8 Å². The normalized spacial score (nSPS) is 30.1. The van der Waals surface area contributed by atoms with Crippen LogP contribution >= 0.6 is 0 Å². The minimum atomic E-state index is -5.08. The summed E-state index contributed by atoms with van der Waals surface area (Å²) in [5, 5.41) is 7.12. The van der Waals surface area contributed by atoms with Gasteiger partial charge in [-0.15, -0.1) is 0 Å². The number of carbonyl (C=O) groups is 2. The Balaban J connectivity index is 0.000000396. The number of hydrogen-bond acceptors (Lipinski definition) is 5. The Kier molecular flexibility index (Phi) is 9.36. The molecule has 10 heteroatoms. The summed E-state index contributed by atoms with van der Waals surface area (Å²) in [7, 11) is 1.75. The molecule has 1 saturated carbocycles. The molecular formula is C20H33F3N2O5. The van der Waals surface area contributed by atoms with E-state index in [1.807, 2.05) is 0 Å². The molecule has 3 rings (SSSR count). The van der Waals surface area contributed by atoms with Gasteiger partial charge in [-0.05, 0) is 38.0 Å². The molecule has 1 N–H and O–H groups in total. The van der Waals surface area contributed by atoms with Crippen molar-refractivity contribution < 1.29 is 37.3 Å². The van der Waals surface area contributed by atoms with Crippen molar-refractivity contribution in [3.8, 4) is 0 Å². The predicted octanol–water partition coefficient (Wildman–Crippen LogP) is 2.39. The van der Waals surface area contributed by atoms with Gasteiger partial charge < -0.3 is 19.5 Å². The monoisotopic (exact) mass is 438 g/mol. The molecule has 0 aromatic heterocycles. The molecule has 0 radical (unpaired) electrons. The summed E-state index contributed by atoms with van der Waals surface area (Å²) in [4.78, 5) is 26.4. The fourth-order valence-corrected chi connectivity index (χ4v) is 4.39. The van der Waals surface area contributed by atoms with Crippen LogP contribution in [0.1, 0.15) is 39.0 Å². The number of carbonyl (C=O) groups excluding carboxylic acids is 1. The summed E-state index contributed by atoms with van der Waals surface area (Å²) in [6, 6.07) is 0.346. The lowest BCUT2D eigenvalue weighted by atomic mass is 9.82. The first-order valence-electron chi connectivity index (χ1n) is 10.6. The Hall–Kier alpha value is -1.39. The highest BCUT2D eigenvalue weighted by molar-refractivity contribution is 5.79. The maximum Gasteiger partial charge on any atom is 0.490 e. The fraction of sp³-hybridized carbons (Fsp3) is 0.900. The van der Waals surface area contributed by atoms with Crippen LogP contribution in [0.3, 0.4) is 0 Å². The van der Waals surface area contributed by atoms with Gasteiger partial charge in [0.05, 0.1) is 25.4 Å². The van der Waals surface area contributed by atoms with Crippen LogP contribution in [0.15, 0.2) is 0 Å². The van der Waals surface area contributed by atoms with Crippen molar-refractivity contribution in [1.29, 1.82) is 0 Å². The Bertz CT molecular complexity index is 567. The van der Waals surface area contributed by atoms with Gasteiger partial charge in [0.2, 0.25) is 5.91 Å². The molecule has 0 unspecified atom stereocenters. The SMILES string of the molecule is COCCN1CCO[C@H]2CCN(C(=O)C3CCC(C)CC3)C[C@@H]21.O=C(O)C(F)(F)F. The van der Waals surface area contributed by atoms with Crippen LogP contribution < -0.4 is 0 Å². The molecule has 7 nitrogen and oxygen atoms in total. The van der Waals surface area contributed by atoms with E-state index in [4.69, 9.17) is 19.4 Å². The number of halogens is 3. The van der Waals surface area contributed by atoms with Crippen molar-refractivity contribution in [2.24, 2.45) is 11.8 Å². The van der Waals surface area contributed by atoms with Gasteiger partial charge in [0.15, 0.2) is 0 Å². The van der Waals surface area contributed by atoms with Crippen LogP contribution in [0.4, 0.5) is 13.2 Å². The second kappa shape index (κ2) is 11.3. The van der Waals surface area contributed by atoms with E-state index < -0.39 is 12.1 Å². The third-order valence-corrected chi connectivity index (χ3v) is 6.20. The summed E-state index contributed by atoms with van der Waals surface area (Å²) in [6.45, 7) is 7.44. The van der Waals surface area contributed by atoms with E-state index in [0.717, 1.165) is 64.6 Å². The van der Waals surface area contributed by atoms with E-state index in [9.17, 15) is 18.0 Å². The average Bonchev–Trinajstić information content (AvgIpc) is 2.71. The van der Waals surface area contributed by atoms with E-state index in [0.29, 0.717) is 11.9 Å². The van der Waals surface area contributed by atoms with Crippen LogP contribution in [0.5, 0.6) is 0 Å². The van der Waals surface area contributed by atoms with E-state index in [1.165, 1.54) is 12.8 Å². The molecule has 3 aliphatic rings. The number of alkyl halides is 3. The standard InChI is InChI=1S/C18H32N2O3.C2HF3O2/c1-14-3-5-15(6-4-14)18(21)20-8-7-17-16(13-20)19(9-11-22-2)10-12-23-17;3-2(4,5)1(6)7/h14-17H,3-13H2,1-2H3;(H,6,7)/t14?,15?,16-,17-;/m0./s1. The second-order valence-corrected chi connectivity index (χ2v) is 8.34. The third kappa shape index (κ3) is 7.09. The number of ether oxygens (including phenoxy) is 2. The zero-order valence-corrected chi connectivity index (χ0v) is 17.7. The molecule has 1 aliphatic carbocycles. The lowest BCUT2D eigenvalue weighted by molar-refractivity contribution is -0.192. The number of carboxylic acids is 1. The molecule has 174 valence electrons. The van der Waals surface area contributed by atoms with E-state index >= 15 is 0 Å². The third-order valence-electron chi connectivity index (χ3n) is 6.20. The maximum absolute atomic E-state index is 12.9. The summed E-state index contributed by atoms with van der Waals surface area (Å²) in [5.74, 6) is -1.30. The number of amides is 1. The summed E-state index contributed by atoms with van der Waals surface area (Å²) < 4.78 is 42.9. The Morgan fingerprint density at radius 3 is 2.33 bits per heavy atom. The lowest BCUT2D eigenvalue weighted by Crippen LogP contribution is -2.61. The molecule has 2 aliphatic heterocycles. The summed E-state index contributed by atoms with van der Waals surface area (Å²) in [6.07, 6.45) is 0.751. The number of fused-ring (bicyclic) bond motifs is 1. The van der Waals surface area contributed by atoms with Gasteiger partial charge in [-0.1, -0.05) is 6.92 Å². The number of methoxy groups -OCH3 is 1. The smallest absolute Gasteiger partial charge is 0.475 e. The van der Waals surface area contributed by atoms with Gasteiger partial charge in [-0.25, -0.2) is 4.79 Å². The zero-order chi connectivity index (χ0) is 22.3. The molecule has 2 saturated heterocycles. The first-order chi connectivity index (χ1) is 14.1. The van der Waals surface area contributed by atoms with Crippen molar-refractivity contribution in [1.82, 2.24) is 9.80 Å². The van der Waals surface area contributed by atoms with E-state index in [-0.39, 0.29) is 12.0 Å². The molecule has 3 fully saturated rings. The van der Waals surface area contributed by atoms with E-state index in [2.05, 4.69) is 16.7 Å². The van der Waals surface area contributed by atoms with Gasteiger partial charge >= 0.3 is 12.1 Å². The first-order valence-corrected chi connectivity index (χ1v) is 10.6. The number of piperidine rings is 1. The number of hydrogen-bond donors (Lipinski definition) is 1. The molecule has 2 heterocycles. The molecule has 30 heavy (non-hydrogen) atoms. The van der Waals surface area contributed by atoms with Gasteiger partial charge in [0.1, 0.15) is 0 Å². The molecule has 0 bridgehead atoms. The highest BCUT2D eigenvalue weighted by Crippen LogP contribution is 2.31. The molecule has 2 atom stereocenters. The second-order valence-electron chi connectivity index (χ2n) is 8.34. The highest BCUT2D eigenvalue weighted by atomic mass is 19.4. The average molecular weight is 438 g/mol. The van der Waals surface area contributed by atoms with Crippen LogP contribution in [-0.2, 0) is 19.1 Å². The van der Waals surface area contributed by atoms with Crippen molar-refractivity contribution in [3.05, 3.63) is 0 Å². The summed E-state index contributed by atoms with van der Waals surface area (Å²) >= 11 is 0. The molecule has 1 amide bonds. The van der Waals surface area contributed by atoms with Crippen molar-refractivity contribution >= 4 is 11.9 Å². The topological polar surface area (TPSA) is 79.3 Å². The fourth-order valence-electron chi connectivity index (χ4n) is 4.39. The van der Waals surface area contributed by atoms with Gasteiger partial charge in [0, 0.05) is 39.2 Å². The molecule has 0 spiro atoms. The lowest BCUT2D eigenvalue weighted by Gasteiger charge is -2.47. The van der Waals surface area contributed by atoms with Gasteiger partial charge in [-0.3, -0.25) is 9.69 Å². The molecule has 0 aromatic rings. The number of carboxylic acid groups (broad SMARTS) is 1. The largest absolute Gasteiger partial charge is 0.490 e. The predicted molar refractivity (Wildman–Crippen MR) is 103 cm³/mol. The number of nitrogens with zero attached hydrogens (tertiary/aromatic N) is 2. The molecule has 0 aromatic carbocycles. The number of aliphatic carboxylic acids is 1.